The molecule has 1 heterocycles. The molecule has 38 heavy (non-hydrogen) atoms. The Morgan fingerprint density at radius 1 is 0.684 bits per heavy atom. The molecule has 0 bridgehead atoms. The lowest BCUT2D eigenvalue weighted by molar-refractivity contribution is -0.129. The summed E-state index contributed by atoms with van der Waals surface area (Å²) < 4.78 is 6.20. The number of carbonyl (C=O) groups is 1. The summed E-state index contributed by atoms with van der Waals surface area (Å²) in [7, 11) is 0. The summed E-state index contributed by atoms with van der Waals surface area (Å²) in [5.74, 6) is -1.13. The van der Waals surface area contributed by atoms with E-state index >= 15 is 0 Å². The number of furan rings is 1. The fourth-order valence-corrected chi connectivity index (χ4v) is 4.59. The fraction of sp³-hybridized carbons (Fsp3) is 0.0303. The average molecular weight is 498 g/mol. The number of nitrogens with zero attached hydrogens (tertiary/aromatic N) is 1. The van der Waals surface area contributed by atoms with Crippen molar-refractivity contribution in [1.29, 1.82) is 0 Å². The van der Waals surface area contributed by atoms with Crippen molar-refractivity contribution in [3.63, 3.8) is 0 Å². The molecule has 0 aliphatic rings. The molecule has 0 aliphatic carbocycles. The van der Waals surface area contributed by atoms with E-state index in [-0.39, 0.29) is 12.3 Å². The first kappa shape index (κ1) is 23.3. The summed E-state index contributed by atoms with van der Waals surface area (Å²) in [5, 5.41) is 15.5. The lowest BCUT2D eigenvalue weighted by atomic mass is 9.98. The van der Waals surface area contributed by atoms with E-state index in [2.05, 4.69) is 53.7 Å². The second-order valence-electron chi connectivity index (χ2n) is 8.94. The van der Waals surface area contributed by atoms with Crippen LogP contribution in [0.25, 0.3) is 44.2 Å². The number of aliphatic carboxylic acids is 1. The van der Waals surface area contributed by atoms with Gasteiger partial charge in [-0.2, -0.15) is 0 Å². The van der Waals surface area contributed by atoms with Crippen molar-refractivity contribution in [2.45, 2.75) is 6.61 Å². The summed E-state index contributed by atoms with van der Waals surface area (Å²) in [4.78, 5) is 16.9. The van der Waals surface area contributed by atoms with Crippen LogP contribution in [0.1, 0.15) is 11.1 Å². The summed E-state index contributed by atoms with van der Waals surface area (Å²) in [5.41, 5.74) is 7.37. The minimum atomic E-state index is -1.13. The van der Waals surface area contributed by atoms with Crippen LogP contribution in [0.4, 0.5) is 0 Å². The molecule has 0 unspecified atom stereocenters. The number of hydrogen-bond donors (Lipinski definition) is 1. The SMILES string of the molecule is O=C(O)C(=NOCc1ccc(-c2ccc(-c3cccc4c3oc3ccccc34)cc2)cc1)c1ccccc1. The van der Waals surface area contributed by atoms with Gasteiger partial charge in [-0.25, -0.2) is 4.79 Å². The van der Waals surface area contributed by atoms with Gasteiger partial charge in [0.05, 0.1) is 0 Å². The van der Waals surface area contributed by atoms with Gasteiger partial charge in [-0.05, 0) is 28.3 Å². The lowest BCUT2D eigenvalue weighted by Gasteiger charge is -2.07. The average Bonchev–Trinajstić information content (AvgIpc) is 3.35. The summed E-state index contributed by atoms with van der Waals surface area (Å²) >= 11 is 0. The van der Waals surface area contributed by atoms with Crippen LogP contribution in [0, 0.1) is 0 Å². The molecular formula is C33H23NO4. The number of oxime groups is 1. The van der Waals surface area contributed by atoms with Gasteiger partial charge in [-0.3, -0.25) is 0 Å². The maximum Gasteiger partial charge on any atom is 0.358 e. The van der Waals surface area contributed by atoms with Crippen molar-refractivity contribution >= 4 is 33.6 Å². The Morgan fingerprint density at radius 3 is 2.05 bits per heavy atom. The molecule has 0 fully saturated rings. The molecule has 184 valence electrons. The Labute approximate surface area is 219 Å². The molecule has 1 N–H and O–H groups in total. The van der Waals surface area contributed by atoms with Crippen molar-refractivity contribution in [3.05, 3.63) is 132 Å². The van der Waals surface area contributed by atoms with Gasteiger partial charge in [-0.15, -0.1) is 0 Å². The number of hydrogen-bond acceptors (Lipinski definition) is 4. The highest BCUT2D eigenvalue weighted by atomic mass is 16.6. The highest BCUT2D eigenvalue weighted by Gasteiger charge is 2.14. The smallest absolute Gasteiger partial charge is 0.358 e. The standard InChI is InChI=1S/C33H23NO4/c35-33(36)31(26-7-2-1-3-8-26)34-37-21-22-13-15-23(16-14-22)24-17-19-25(20-18-24)27-10-6-11-29-28-9-4-5-12-30(28)38-32(27)29/h1-20H,21H2,(H,35,36). The Balaban J connectivity index is 1.18. The van der Waals surface area contributed by atoms with Gasteiger partial charge in [0.1, 0.15) is 17.8 Å². The zero-order valence-corrected chi connectivity index (χ0v) is 20.4. The third-order valence-electron chi connectivity index (χ3n) is 6.52. The van der Waals surface area contributed by atoms with E-state index in [9.17, 15) is 9.90 Å². The fourth-order valence-electron chi connectivity index (χ4n) is 4.59. The van der Waals surface area contributed by atoms with E-state index in [0.717, 1.165) is 49.8 Å². The van der Waals surface area contributed by atoms with Crippen LogP contribution in [0.3, 0.4) is 0 Å². The highest BCUT2D eigenvalue weighted by Crippen LogP contribution is 2.36. The Morgan fingerprint density at radius 2 is 1.32 bits per heavy atom. The van der Waals surface area contributed by atoms with Gasteiger partial charge in [0.15, 0.2) is 5.71 Å². The van der Waals surface area contributed by atoms with E-state index < -0.39 is 5.97 Å². The monoisotopic (exact) mass is 497 g/mol. The third kappa shape index (κ3) is 4.53. The molecular weight excluding hydrogens is 474 g/mol. The Kier molecular flexibility index (Phi) is 6.16. The van der Waals surface area contributed by atoms with Crippen LogP contribution in [0.15, 0.2) is 131 Å². The van der Waals surface area contributed by atoms with Gasteiger partial charge < -0.3 is 14.4 Å². The minimum absolute atomic E-state index is 0.124. The van der Waals surface area contributed by atoms with Crippen molar-refractivity contribution < 1.29 is 19.2 Å². The van der Waals surface area contributed by atoms with Crippen LogP contribution in [0.2, 0.25) is 0 Å². The van der Waals surface area contributed by atoms with E-state index in [0.29, 0.717) is 5.56 Å². The summed E-state index contributed by atoms with van der Waals surface area (Å²) in [6, 6.07) is 39.5. The molecule has 0 atom stereocenters. The molecule has 6 rings (SSSR count). The van der Waals surface area contributed by atoms with E-state index in [1.165, 1.54) is 0 Å². The molecule has 0 spiro atoms. The summed E-state index contributed by atoms with van der Waals surface area (Å²) in [6.45, 7) is 0.171. The number of fused-ring (bicyclic) bond motifs is 3. The van der Waals surface area contributed by atoms with E-state index in [4.69, 9.17) is 9.25 Å². The maximum atomic E-state index is 11.5. The van der Waals surface area contributed by atoms with Gasteiger partial charge in [0, 0.05) is 21.9 Å². The van der Waals surface area contributed by atoms with Crippen LogP contribution >= 0.6 is 0 Å². The first-order valence-electron chi connectivity index (χ1n) is 12.3. The first-order valence-corrected chi connectivity index (χ1v) is 12.3. The van der Waals surface area contributed by atoms with Crippen molar-refractivity contribution in [2.75, 3.05) is 0 Å². The lowest BCUT2D eigenvalue weighted by Crippen LogP contribution is -2.14. The molecule has 5 nitrogen and oxygen atoms in total. The van der Waals surface area contributed by atoms with Gasteiger partial charge in [0.2, 0.25) is 0 Å². The molecule has 0 radical (unpaired) electrons. The molecule has 0 saturated heterocycles. The molecule has 0 aliphatic heterocycles. The van der Waals surface area contributed by atoms with Gasteiger partial charge in [0.25, 0.3) is 0 Å². The second kappa shape index (κ2) is 10.1. The zero-order chi connectivity index (χ0) is 25.9. The topological polar surface area (TPSA) is 72.0 Å². The number of para-hydroxylation sites is 2. The van der Waals surface area contributed by atoms with Crippen molar-refractivity contribution in [2.24, 2.45) is 5.16 Å². The number of benzene rings is 5. The third-order valence-corrected chi connectivity index (χ3v) is 6.52. The minimum Gasteiger partial charge on any atom is -0.476 e. The molecule has 0 amide bonds. The summed E-state index contributed by atoms with van der Waals surface area (Å²) in [6.07, 6.45) is 0. The Hall–Kier alpha value is -5.16. The molecule has 5 aromatic carbocycles. The normalized spacial score (nSPS) is 11.6. The predicted octanol–water partition coefficient (Wildman–Crippen LogP) is 7.93. The van der Waals surface area contributed by atoms with Crippen LogP contribution in [-0.4, -0.2) is 16.8 Å². The molecule has 0 saturated carbocycles. The van der Waals surface area contributed by atoms with Crippen molar-refractivity contribution in [1.82, 2.24) is 0 Å². The first-order chi connectivity index (χ1) is 18.7. The largest absolute Gasteiger partial charge is 0.476 e. The molecule has 6 aromatic rings. The molecule has 5 heteroatoms. The second-order valence-corrected chi connectivity index (χ2v) is 8.94. The maximum absolute atomic E-state index is 11.5. The van der Waals surface area contributed by atoms with E-state index in [1.807, 2.05) is 48.5 Å². The molecule has 1 aromatic heterocycles. The number of rotatable bonds is 7. The highest BCUT2D eigenvalue weighted by molar-refractivity contribution is 6.42. The van der Waals surface area contributed by atoms with E-state index in [1.54, 1.807) is 24.3 Å². The Bertz CT molecular complexity index is 1770. The van der Waals surface area contributed by atoms with Gasteiger partial charge in [-0.1, -0.05) is 120 Å². The number of carboxylic acids is 1. The van der Waals surface area contributed by atoms with Crippen LogP contribution in [0.5, 0.6) is 0 Å². The number of carboxylic acid groups (broad SMARTS) is 1. The predicted molar refractivity (Wildman–Crippen MR) is 150 cm³/mol. The quantitative estimate of drug-likeness (QED) is 0.180. The van der Waals surface area contributed by atoms with Crippen molar-refractivity contribution in [3.8, 4) is 22.3 Å². The van der Waals surface area contributed by atoms with Crippen LogP contribution < -0.4 is 0 Å². The van der Waals surface area contributed by atoms with Crippen LogP contribution in [-0.2, 0) is 16.2 Å². The van der Waals surface area contributed by atoms with Gasteiger partial charge >= 0.3 is 5.97 Å². The zero-order valence-electron chi connectivity index (χ0n) is 20.4.